The molecule has 0 saturated heterocycles. The van der Waals surface area contributed by atoms with Gasteiger partial charge in [-0.3, -0.25) is 10.00 Å². The van der Waals surface area contributed by atoms with Gasteiger partial charge in [0.1, 0.15) is 5.01 Å². The Balaban J connectivity index is 1.77. The maximum Gasteiger partial charge on any atom is 0.320 e. The predicted molar refractivity (Wildman–Crippen MR) is 81.5 cm³/mol. The number of nitrogens with one attached hydrogen (secondary N) is 2. The lowest BCUT2D eigenvalue weighted by molar-refractivity contribution is 0.183. The average molecular weight is 309 g/mol. The Bertz CT molecular complexity index is 581. The van der Waals surface area contributed by atoms with Gasteiger partial charge in [-0.05, 0) is 6.42 Å². The Morgan fingerprint density at radius 1 is 1.52 bits per heavy atom. The number of methoxy groups -OCH3 is 1. The molecular weight excluding hydrogens is 290 g/mol. The summed E-state index contributed by atoms with van der Waals surface area (Å²) in [7, 11) is 1.64. The number of anilines is 1. The molecule has 0 radical (unpaired) electrons. The van der Waals surface area contributed by atoms with E-state index in [0.29, 0.717) is 25.5 Å². The van der Waals surface area contributed by atoms with Crippen LogP contribution in [0.2, 0.25) is 0 Å². The van der Waals surface area contributed by atoms with Crippen LogP contribution in [0.15, 0.2) is 18.5 Å². The van der Waals surface area contributed by atoms with Crippen LogP contribution in [-0.4, -0.2) is 34.5 Å². The monoisotopic (exact) mass is 309 g/mol. The quantitative estimate of drug-likeness (QED) is 0.818. The highest BCUT2D eigenvalue weighted by molar-refractivity contribution is 7.11. The molecular formula is C13H19N5O2S. The highest BCUT2D eigenvalue weighted by Gasteiger charge is 2.06. The highest BCUT2D eigenvalue weighted by atomic mass is 32.1. The van der Waals surface area contributed by atoms with Crippen molar-refractivity contribution in [3.05, 3.63) is 28.3 Å². The van der Waals surface area contributed by atoms with Gasteiger partial charge in [-0.1, -0.05) is 6.92 Å². The molecule has 2 N–H and O–H groups in total. The molecule has 2 aromatic rings. The summed E-state index contributed by atoms with van der Waals surface area (Å²) in [6.07, 6.45) is 4.60. The lowest BCUT2D eigenvalue weighted by Crippen LogP contribution is -2.28. The maximum atomic E-state index is 11.8. The van der Waals surface area contributed by atoms with Crippen LogP contribution in [0.3, 0.4) is 0 Å². The molecule has 8 heteroatoms. The lowest BCUT2D eigenvalue weighted by Gasteiger charge is -2.03. The number of hydrogen-bond acceptors (Lipinski definition) is 5. The normalized spacial score (nSPS) is 10.6. The molecule has 2 rings (SSSR count). The smallest absolute Gasteiger partial charge is 0.320 e. The van der Waals surface area contributed by atoms with Gasteiger partial charge in [0.25, 0.3) is 0 Å². The first-order valence-corrected chi connectivity index (χ1v) is 7.53. The standard InChI is InChI=1S/C13H19N5O2S/c1-3-10-8-14-12(21-10)9-15-13(19)16-11-4-5-18(17-11)6-7-20-2/h4-5,8H,3,6-7,9H2,1-2H3,(H2,15,16,17,19). The van der Waals surface area contributed by atoms with E-state index in [0.717, 1.165) is 11.4 Å². The molecule has 0 unspecified atom stereocenters. The Hall–Kier alpha value is -1.93. The predicted octanol–water partition coefficient (Wildman–Crippen LogP) is 1.87. The molecule has 21 heavy (non-hydrogen) atoms. The first-order valence-electron chi connectivity index (χ1n) is 6.72. The number of amides is 2. The molecule has 0 aromatic carbocycles. The van der Waals surface area contributed by atoms with Gasteiger partial charge >= 0.3 is 6.03 Å². The van der Waals surface area contributed by atoms with E-state index >= 15 is 0 Å². The van der Waals surface area contributed by atoms with Gasteiger partial charge in [-0.25, -0.2) is 9.78 Å². The van der Waals surface area contributed by atoms with E-state index in [-0.39, 0.29) is 6.03 Å². The number of urea groups is 1. The van der Waals surface area contributed by atoms with Crippen LogP contribution in [0.1, 0.15) is 16.8 Å². The minimum Gasteiger partial charge on any atom is -0.383 e. The topological polar surface area (TPSA) is 81.1 Å². The van der Waals surface area contributed by atoms with Crippen LogP contribution in [-0.2, 0) is 24.2 Å². The Morgan fingerprint density at radius 2 is 2.38 bits per heavy atom. The van der Waals surface area contributed by atoms with Gasteiger partial charge in [0.05, 0.1) is 19.7 Å². The van der Waals surface area contributed by atoms with Crippen molar-refractivity contribution < 1.29 is 9.53 Å². The van der Waals surface area contributed by atoms with Crippen molar-refractivity contribution in [1.29, 1.82) is 0 Å². The van der Waals surface area contributed by atoms with Gasteiger partial charge in [0.2, 0.25) is 0 Å². The molecule has 2 aromatic heterocycles. The summed E-state index contributed by atoms with van der Waals surface area (Å²) >= 11 is 1.61. The number of aromatic nitrogens is 3. The van der Waals surface area contributed by atoms with E-state index in [2.05, 4.69) is 27.6 Å². The maximum absolute atomic E-state index is 11.8. The molecule has 0 spiro atoms. The minimum atomic E-state index is -0.291. The van der Waals surface area contributed by atoms with Crippen LogP contribution >= 0.6 is 11.3 Å². The molecule has 0 aliphatic rings. The number of hydrogen-bond donors (Lipinski definition) is 2. The summed E-state index contributed by atoms with van der Waals surface area (Å²) in [6.45, 7) is 3.73. The van der Waals surface area contributed by atoms with Gasteiger partial charge in [0, 0.05) is 30.4 Å². The van der Waals surface area contributed by atoms with E-state index in [1.165, 1.54) is 4.88 Å². The third kappa shape index (κ3) is 4.83. The van der Waals surface area contributed by atoms with Gasteiger partial charge in [-0.2, -0.15) is 5.10 Å². The van der Waals surface area contributed by atoms with Crippen molar-refractivity contribution in [3.63, 3.8) is 0 Å². The summed E-state index contributed by atoms with van der Waals surface area (Å²) in [5.41, 5.74) is 0. The van der Waals surface area contributed by atoms with E-state index in [1.54, 1.807) is 35.4 Å². The van der Waals surface area contributed by atoms with Crippen LogP contribution in [0.5, 0.6) is 0 Å². The fourth-order valence-electron chi connectivity index (χ4n) is 1.65. The number of carbonyl (C=O) groups excluding carboxylic acids is 1. The fourth-order valence-corrected chi connectivity index (χ4v) is 2.45. The van der Waals surface area contributed by atoms with Crippen molar-refractivity contribution in [2.24, 2.45) is 0 Å². The van der Waals surface area contributed by atoms with Crippen molar-refractivity contribution in [2.75, 3.05) is 19.0 Å². The Kier molecular flexibility index (Phi) is 5.70. The summed E-state index contributed by atoms with van der Waals surface area (Å²) < 4.78 is 6.68. The zero-order valence-corrected chi connectivity index (χ0v) is 12.9. The average Bonchev–Trinajstić information content (AvgIpc) is 3.12. The number of aryl methyl sites for hydroxylation is 1. The molecule has 2 amide bonds. The Morgan fingerprint density at radius 3 is 3.10 bits per heavy atom. The summed E-state index contributed by atoms with van der Waals surface area (Å²) in [6, 6.07) is 1.45. The number of rotatable bonds is 7. The van der Waals surface area contributed by atoms with E-state index < -0.39 is 0 Å². The fraction of sp³-hybridized carbons (Fsp3) is 0.462. The summed E-state index contributed by atoms with van der Waals surface area (Å²) in [4.78, 5) is 17.2. The van der Waals surface area contributed by atoms with Crippen molar-refractivity contribution in [2.45, 2.75) is 26.4 Å². The summed E-state index contributed by atoms with van der Waals surface area (Å²) in [5, 5.41) is 10.6. The third-order valence-corrected chi connectivity index (χ3v) is 3.90. The Labute approximate surface area is 127 Å². The lowest BCUT2D eigenvalue weighted by atomic mass is 10.4. The van der Waals surface area contributed by atoms with Crippen LogP contribution in [0.25, 0.3) is 0 Å². The largest absolute Gasteiger partial charge is 0.383 e. The zero-order chi connectivity index (χ0) is 15.1. The molecule has 0 aliphatic carbocycles. The van der Waals surface area contributed by atoms with Crippen molar-refractivity contribution >= 4 is 23.2 Å². The molecule has 0 bridgehead atoms. The van der Waals surface area contributed by atoms with Crippen LogP contribution in [0.4, 0.5) is 10.6 Å². The van der Waals surface area contributed by atoms with Gasteiger partial charge in [-0.15, -0.1) is 11.3 Å². The number of nitrogens with zero attached hydrogens (tertiary/aromatic N) is 3. The first-order chi connectivity index (χ1) is 10.2. The third-order valence-electron chi connectivity index (χ3n) is 2.76. The van der Waals surface area contributed by atoms with Crippen molar-refractivity contribution in [1.82, 2.24) is 20.1 Å². The molecule has 0 fully saturated rings. The molecule has 0 saturated carbocycles. The first kappa shape index (κ1) is 15.5. The molecule has 0 aliphatic heterocycles. The summed E-state index contributed by atoms with van der Waals surface area (Å²) in [5.74, 6) is 0.511. The highest BCUT2D eigenvalue weighted by Crippen LogP contribution is 2.12. The second-order valence-electron chi connectivity index (χ2n) is 4.34. The number of thiazole rings is 1. The molecule has 7 nitrogen and oxygen atoms in total. The zero-order valence-electron chi connectivity index (χ0n) is 12.1. The van der Waals surface area contributed by atoms with Crippen LogP contribution < -0.4 is 10.6 Å². The van der Waals surface area contributed by atoms with Gasteiger partial charge < -0.3 is 10.1 Å². The number of ether oxygens (including phenoxy) is 1. The van der Waals surface area contributed by atoms with E-state index in [4.69, 9.17) is 4.74 Å². The van der Waals surface area contributed by atoms with Gasteiger partial charge in [0.15, 0.2) is 5.82 Å². The second-order valence-corrected chi connectivity index (χ2v) is 5.54. The minimum absolute atomic E-state index is 0.291. The SMILES string of the molecule is CCc1cnc(CNC(=O)Nc2ccn(CCOC)n2)s1. The van der Waals surface area contributed by atoms with Crippen molar-refractivity contribution in [3.8, 4) is 0 Å². The molecule has 0 atom stereocenters. The van der Waals surface area contributed by atoms with E-state index in [9.17, 15) is 4.79 Å². The van der Waals surface area contributed by atoms with Crippen LogP contribution in [0, 0.1) is 0 Å². The second kappa shape index (κ2) is 7.75. The molecule has 2 heterocycles. The molecule has 114 valence electrons. The van der Waals surface area contributed by atoms with E-state index in [1.807, 2.05) is 6.20 Å². The number of carbonyl (C=O) groups is 1.